The van der Waals surface area contributed by atoms with Crippen molar-refractivity contribution in [2.75, 3.05) is 33.4 Å². The number of carbonyl (C=O) groups is 2. The van der Waals surface area contributed by atoms with Crippen molar-refractivity contribution in [2.45, 2.75) is 6.42 Å². The molecule has 0 aromatic rings. The minimum Gasteiger partial charge on any atom is -0.390 e. The van der Waals surface area contributed by atoms with E-state index in [-0.39, 0.29) is 5.57 Å². The Bertz CT molecular complexity index is 323. The average Bonchev–Trinajstić information content (AvgIpc) is 2.38. The van der Waals surface area contributed by atoms with Gasteiger partial charge in [0.05, 0.1) is 6.61 Å². The van der Waals surface area contributed by atoms with Crippen molar-refractivity contribution in [3.63, 3.8) is 0 Å². The second-order valence-corrected chi connectivity index (χ2v) is 3.30. The lowest BCUT2D eigenvalue weighted by atomic mass is 10.3. The molecule has 0 heterocycles. The lowest BCUT2D eigenvalue weighted by Gasteiger charge is -2.04. The van der Waals surface area contributed by atoms with E-state index in [1.165, 1.54) is 13.3 Å². The van der Waals surface area contributed by atoms with E-state index >= 15 is 0 Å². The fourth-order valence-electron chi connectivity index (χ4n) is 1.04. The summed E-state index contributed by atoms with van der Waals surface area (Å²) in [6, 6.07) is 1.80. The number of hydrogen-bond donors (Lipinski definition) is 3. The minimum atomic E-state index is -0.437. The van der Waals surface area contributed by atoms with Gasteiger partial charge in [0.2, 0.25) is 6.41 Å². The number of nitrogens with one attached hydrogen (secondary N) is 3. The fraction of sp³-hybridized carbons (Fsp3) is 0.545. The van der Waals surface area contributed by atoms with Gasteiger partial charge in [0.15, 0.2) is 0 Å². The van der Waals surface area contributed by atoms with Crippen LogP contribution in [0.2, 0.25) is 0 Å². The number of ether oxygens (including phenoxy) is 1. The molecule has 0 rings (SSSR count). The molecule has 0 saturated heterocycles. The summed E-state index contributed by atoms with van der Waals surface area (Å²) in [4.78, 5) is 21.4. The standard InChI is InChI=1S/C11H18N4O3/c1-18-6-5-15-11(17)10(7-12)8-13-3-2-4-14-9-16/h8-9,13H,2-6H2,1H3,(H,14,16)(H,15,17)/b10-8-. The molecule has 0 fully saturated rings. The van der Waals surface area contributed by atoms with Crippen molar-refractivity contribution in [3.8, 4) is 6.07 Å². The lowest BCUT2D eigenvalue weighted by Crippen LogP contribution is -2.29. The molecule has 0 aliphatic carbocycles. The minimum absolute atomic E-state index is 0.00875. The molecule has 7 nitrogen and oxygen atoms in total. The van der Waals surface area contributed by atoms with E-state index in [0.717, 1.165) is 0 Å². The van der Waals surface area contributed by atoms with Crippen LogP contribution in [0.4, 0.5) is 0 Å². The van der Waals surface area contributed by atoms with Crippen molar-refractivity contribution in [1.82, 2.24) is 16.0 Å². The molecule has 0 bridgehead atoms. The first kappa shape index (κ1) is 15.9. The Morgan fingerprint density at radius 1 is 1.33 bits per heavy atom. The van der Waals surface area contributed by atoms with Crippen molar-refractivity contribution >= 4 is 12.3 Å². The van der Waals surface area contributed by atoms with Gasteiger partial charge in [0, 0.05) is 32.9 Å². The van der Waals surface area contributed by atoms with Crippen LogP contribution in [-0.2, 0) is 14.3 Å². The van der Waals surface area contributed by atoms with Gasteiger partial charge in [-0.2, -0.15) is 5.26 Å². The van der Waals surface area contributed by atoms with Crippen LogP contribution >= 0.6 is 0 Å². The summed E-state index contributed by atoms with van der Waals surface area (Å²) in [6.45, 7) is 1.87. The van der Waals surface area contributed by atoms with E-state index in [4.69, 9.17) is 10.00 Å². The molecule has 0 aromatic carbocycles. The first-order chi connectivity index (χ1) is 8.76. The van der Waals surface area contributed by atoms with Gasteiger partial charge in [0.25, 0.3) is 5.91 Å². The molecule has 0 saturated carbocycles. The molecule has 100 valence electrons. The van der Waals surface area contributed by atoms with Gasteiger partial charge in [0.1, 0.15) is 11.6 Å². The highest BCUT2D eigenvalue weighted by Gasteiger charge is 2.06. The Balaban J connectivity index is 3.88. The van der Waals surface area contributed by atoms with E-state index in [1.807, 2.05) is 0 Å². The number of nitrogens with zero attached hydrogens (tertiary/aromatic N) is 1. The molecule has 0 aliphatic rings. The van der Waals surface area contributed by atoms with Crippen LogP contribution in [0.25, 0.3) is 0 Å². The number of carbonyl (C=O) groups excluding carboxylic acids is 2. The van der Waals surface area contributed by atoms with E-state index in [1.54, 1.807) is 6.07 Å². The van der Waals surface area contributed by atoms with E-state index < -0.39 is 5.91 Å². The Labute approximate surface area is 106 Å². The second-order valence-electron chi connectivity index (χ2n) is 3.30. The highest BCUT2D eigenvalue weighted by Crippen LogP contribution is 1.90. The van der Waals surface area contributed by atoms with Gasteiger partial charge < -0.3 is 20.7 Å². The van der Waals surface area contributed by atoms with E-state index in [2.05, 4.69) is 16.0 Å². The first-order valence-electron chi connectivity index (χ1n) is 5.54. The second kappa shape index (κ2) is 11.4. The highest BCUT2D eigenvalue weighted by atomic mass is 16.5. The Kier molecular flexibility index (Phi) is 10.1. The summed E-state index contributed by atoms with van der Waals surface area (Å²) < 4.78 is 4.77. The van der Waals surface area contributed by atoms with E-state index in [9.17, 15) is 9.59 Å². The Morgan fingerprint density at radius 2 is 2.06 bits per heavy atom. The number of nitriles is 1. The summed E-state index contributed by atoms with van der Waals surface area (Å²) in [5.74, 6) is -0.437. The smallest absolute Gasteiger partial charge is 0.263 e. The maximum atomic E-state index is 11.5. The summed E-state index contributed by atoms with van der Waals surface area (Å²) in [5, 5.41) is 16.7. The van der Waals surface area contributed by atoms with Crippen molar-refractivity contribution < 1.29 is 14.3 Å². The number of hydrogen-bond acceptors (Lipinski definition) is 5. The molecule has 18 heavy (non-hydrogen) atoms. The lowest BCUT2D eigenvalue weighted by molar-refractivity contribution is -0.117. The fourth-order valence-corrected chi connectivity index (χ4v) is 1.04. The zero-order valence-corrected chi connectivity index (χ0v) is 10.4. The number of amides is 2. The monoisotopic (exact) mass is 254 g/mol. The third kappa shape index (κ3) is 8.13. The van der Waals surface area contributed by atoms with Crippen LogP contribution in [-0.4, -0.2) is 45.7 Å². The maximum absolute atomic E-state index is 11.5. The third-order valence-electron chi connectivity index (χ3n) is 1.93. The van der Waals surface area contributed by atoms with Crippen LogP contribution in [0.1, 0.15) is 6.42 Å². The van der Waals surface area contributed by atoms with Crippen molar-refractivity contribution in [3.05, 3.63) is 11.8 Å². The number of rotatable bonds is 10. The molecule has 2 amide bonds. The SMILES string of the molecule is COCCNC(=O)/C(C#N)=C\NCCCNC=O. The zero-order valence-electron chi connectivity index (χ0n) is 10.4. The van der Waals surface area contributed by atoms with Crippen LogP contribution in [0.3, 0.4) is 0 Å². The molecular weight excluding hydrogens is 236 g/mol. The average molecular weight is 254 g/mol. The summed E-state index contributed by atoms with van der Waals surface area (Å²) in [5.41, 5.74) is 0.00875. The molecular formula is C11H18N4O3. The van der Waals surface area contributed by atoms with Crippen LogP contribution in [0.15, 0.2) is 11.8 Å². The molecule has 0 atom stereocenters. The molecule has 0 aromatic heterocycles. The molecule has 0 spiro atoms. The van der Waals surface area contributed by atoms with Crippen LogP contribution in [0, 0.1) is 11.3 Å². The molecule has 0 unspecified atom stereocenters. The van der Waals surface area contributed by atoms with Crippen LogP contribution < -0.4 is 16.0 Å². The molecule has 3 N–H and O–H groups in total. The van der Waals surface area contributed by atoms with Gasteiger partial charge in [-0.1, -0.05) is 0 Å². The predicted octanol–water partition coefficient (Wildman–Crippen LogP) is -1.12. The normalized spacial score (nSPS) is 10.3. The largest absolute Gasteiger partial charge is 0.390 e. The summed E-state index contributed by atoms with van der Waals surface area (Å²) in [7, 11) is 1.53. The molecule has 7 heteroatoms. The predicted molar refractivity (Wildman–Crippen MR) is 65.3 cm³/mol. The highest BCUT2D eigenvalue weighted by molar-refractivity contribution is 5.97. The zero-order chi connectivity index (χ0) is 13.6. The van der Waals surface area contributed by atoms with E-state index in [0.29, 0.717) is 39.1 Å². The van der Waals surface area contributed by atoms with Crippen LogP contribution in [0.5, 0.6) is 0 Å². The third-order valence-corrected chi connectivity index (χ3v) is 1.93. The quantitative estimate of drug-likeness (QED) is 0.198. The van der Waals surface area contributed by atoms with Gasteiger partial charge in [-0.25, -0.2) is 0 Å². The van der Waals surface area contributed by atoms with Gasteiger partial charge in [-0.15, -0.1) is 0 Å². The summed E-state index contributed by atoms with van der Waals surface area (Å²) >= 11 is 0. The molecule has 0 radical (unpaired) electrons. The molecule has 0 aliphatic heterocycles. The number of methoxy groups -OCH3 is 1. The van der Waals surface area contributed by atoms with Crippen molar-refractivity contribution in [1.29, 1.82) is 5.26 Å². The van der Waals surface area contributed by atoms with Crippen molar-refractivity contribution in [2.24, 2.45) is 0 Å². The summed E-state index contributed by atoms with van der Waals surface area (Å²) in [6.07, 6.45) is 2.70. The Morgan fingerprint density at radius 3 is 2.67 bits per heavy atom. The topological polar surface area (TPSA) is 103 Å². The van der Waals surface area contributed by atoms with Gasteiger partial charge in [-0.05, 0) is 6.42 Å². The maximum Gasteiger partial charge on any atom is 0.263 e. The first-order valence-corrected chi connectivity index (χ1v) is 5.54. The van der Waals surface area contributed by atoms with Gasteiger partial charge >= 0.3 is 0 Å². The van der Waals surface area contributed by atoms with Gasteiger partial charge in [-0.3, -0.25) is 9.59 Å². The Hall–Kier alpha value is -2.07.